The van der Waals surface area contributed by atoms with Gasteiger partial charge in [-0.25, -0.2) is 19.9 Å². The van der Waals surface area contributed by atoms with Crippen molar-refractivity contribution in [2.75, 3.05) is 18.0 Å². The Labute approximate surface area is 129 Å². The predicted molar refractivity (Wildman–Crippen MR) is 82.0 cm³/mol. The number of anilines is 1. The lowest BCUT2D eigenvalue weighted by Gasteiger charge is -2.17. The Balaban J connectivity index is 1.41. The van der Waals surface area contributed by atoms with E-state index in [2.05, 4.69) is 19.9 Å². The van der Waals surface area contributed by atoms with Gasteiger partial charge in [-0.3, -0.25) is 0 Å². The molecule has 6 heteroatoms. The largest absolute Gasteiger partial charge is 0.458 e. The van der Waals surface area contributed by atoms with Crippen LogP contribution in [0, 0.1) is 6.92 Å². The first-order chi connectivity index (χ1) is 10.8. The van der Waals surface area contributed by atoms with Gasteiger partial charge in [0.25, 0.3) is 0 Å². The van der Waals surface area contributed by atoms with E-state index in [9.17, 15) is 0 Å². The third-order valence-corrected chi connectivity index (χ3v) is 4.10. The van der Waals surface area contributed by atoms with E-state index in [1.54, 1.807) is 12.4 Å². The Morgan fingerprint density at radius 3 is 2.73 bits per heavy atom. The van der Waals surface area contributed by atoms with Crippen LogP contribution < -0.4 is 9.64 Å². The summed E-state index contributed by atoms with van der Waals surface area (Å²) in [6.07, 6.45) is 8.94. The summed E-state index contributed by atoms with van der Waals surface area (Å²) < 4.78 is 5.86. The van der Waals surface area contributed by atoms with Crippen molar-refractivity contribution in [2.24, 2.45) is 0 Å². The van der Waals surface area contributed by atoms with Crippen molar-refractivity contribution in [1.82, 2.24) is 19.9 Å². The van der Waals surface area contributed by atoms with Crippen LogP contribution in [0.25, 0.3) is 0 Å². The van der Waals surface area contributed by atoms with Gasteiger partial charge in [0.2, 0.25) is 0 Å². The van der Waals surface area contributed by atoms with E-state index >= 15 is 0 Å². The van der Waals surface area contributed by atoms with E-state index in [0.717, 1.165) is 36.7 Å². The summed E-state index contributed by atoms with van der Waals surface area (Å²) in [5, 5.41) is 0. The van der Waals surface area contributed by atoms with Gasteiger partial charge in [-0.05, 0) is 31.4 Å². The molecular weight excluding hydrogens is 278 g/mol. The van der Waals surface area contributed by atoms with E-state index in [1.165, 1.54) is 12.8 Å². The Hall–Kier alpha value is -2.24. The minimum Gasteiger partial charge on any atom is -0.458 e. The molecule has 1 aliphatic carbocycles. The summed E-state index contributed by atoms with van der Waals surface area (Å²) in [4.78, 5) is 19.7. The maximum absolute atomic E-state index is 5.86. The molecule has 0 bridgehead atoms. The number of hydrogen-bond donors (Lipinski definition) is 0. The number of aromatic nitrogens is 4. The molecule has 0 radical (unpaired) electrons. The lowest BCUT2D eigenvalue weighted by molar-refractivity contribution is 0.206. The van der Waals surface area contributed by atoms with Gasteiger partial charge in [0, 0.05) is 37.5 Å². The molecule has 1 saturated carbocycles. The minimum atomic E-state index is 0.113. The van der Waals surface area contributed by atoms with Crippen LogP contribution in [0.5, 0.6) is 6.01 Å². The summed E-state index contributed by atoms with van der Waals surface area (Å²) >= 11 is 0. The molecule has 2 aromatic heterocycles. The first-order valence-corrected chi connectivity index (χ1v) is 7.81. The normalized spacial score (nSPS) is 21.1. The minimum absolute atomic E-state index is 0.113. The van der Waals surface area contributed by atoms with Crippen molar-refractivity contribution in [3.8, 4) is 6.01 Å². The molecule has 2 aliphatic rings. The SMILES string of the molecule is Cc1cnc(OC2CCN(c3ccnc(C4CC4)n3)C2)nc1. The van der Waals surface area contributed by atoms with Crippen molar-refractivity contribution in [2.45, 2.75) is 38.2 Å². The molecule has 4 rings (SSSR count). The first-order valence-electron chi connectivity index (χ1n) is 7.81. The lowest BCUT2D eigenvalue weighted by Crippen LogP contribution is -2.26. The van der Waals surface area contributed by atoms with Crippen molar-refractivity contribution in [1.29, 1.82) is 0 Å². The van der Waals surface area contributed by atoms with Gasteiger partial charge < -0.3 is 9.64 Å². The summed E-state index contributed by atoms with van der Waals surface area (Å²) in [5.41, 5.74) is 1.04. The van der Waals surface area contributed by atoms with Crippen LogP contribution in [0.15, 0.2) is 24.7 Å². The molecule has 0 amide bonds. The average Bonchev–Trinajstić information content (AvgIpc) is 3.30. The fourth-order valence-corrected chi connectivity index (χ4v) is 2.70. The van der Waals surface area contributed by atoms with Crippen molar-refractivity contribution >= 4 is 5.82 Å². The number of ether oxygens (including phenoxy) is 1. The molecule has 0 N–H and O–H groups in total. The molecular formula is C16H19N5O. The molecule has 2 aromatic rings. The predicted octanol–water partition coefficient (Wildman–Crippen LogP) is 2.11. The summed E-state index contributed by atoms with van der Waals surface area (Å²) in [6, 6.07) is 2.44. The van der Waals surface area contributed by atoms with Crippen LogP contribution in [0.3, 0.4) is 0 Å². The maximum atomic E-state index is 5.86. The van der Waals surface area contributed by atoms with Gasteiger partial charge in [-0.2, -0.15) is 0 Å². The van der Waals surface area contributed by atoms with Gasteiger partial charge in [-0.1, -0.05) is 0 Å². The van der Waals surface area contributed by atoms with Crippen LogP contribution in [-0.4, -0.2) is 39.1 Å². The Kier molecular flexibility index (Phi) is 3.36. The molecule has 0 aromatic carbocycles. The van der Waals surface area contributed by atoms with Crippen LogP contribution in [-0.2, 0) is 0 Å². The summed E-state index contributed by atoms with van der Waals surface area (Å²) in [7, 11) is 0. The molecule has 1 atom stereocenters. The van der Waals surface area contributed by atoms with Gasteiger partial charge >= 0.3 is 6.01 Å². The lowest BCUT2D eigenvalue weighted by atomic mass is 10.3. The summed E-state index contributed by atoms with van der Waals surface area (Å²) in [5.74, 6) is 2.58. The highest BCUT2D eigenvalue weighted by molar-refractivity contribution is 5.39. The zero-order chi connectivity index (χ0) is 14.9. The van der Waals surface area contributed by atoms with Gasteiger partial charge in [-0.15, -0.1) is 0 Å². The molecule has 3 heterocycles. The van der Waals surface area contributed by atoms with E-state index in [0.29, 0.717) is 11.9 Å². The quantitative estimate of drug-likeness (QED) is 0.861. The van der Waals surface area contributed by atoms with Crippen LogP contribution >= 0.6 is 0 Å². The standard InChI is InChI=1S/C16H19N5O/c1-11-8-18-16(19-9-11)22-13-5-7-21(10-13)14-4-6-17-15(20-14)12-2-3-12/h4,6,8-9,12-13H,2-3,5,7,10H2,1H3. The second-order valence-electron chi connectivity index (χ2n) is 6.06. The molecule has 2 fully saturated rings. The van der Waals surface area contributed by atoms with E-state index in [1.807, 2.05) is 19.2 Å². The molecule has 1 aliphatic heterocycles. The second kappa shape index (κ2) is 5.51. The zero-order valence-corrected chi connectivity index (χ0v) is 12.6. The molecule has 6 nitrogen and oxygen atoms in total. The van der Waals surface area contributed by atoms with Crippen LogP contribution in [0.1, 0.15) is 36.6 Å². The highest BCUT2D eigenvalue weighted by Gasteiger charge is 2.29. The molecule has 22 heavy (non-hydrogen) atoms. The second-order valence-corrected chi connectivity index (χ2v) is 6.06. The number of hydrogen-bond acceptors (Lipinski definition) is 6. The van der Waals surface area contributed by atoms with Crippen molar-refractivity contribution in [3.05, 3.63) is 36.0 Å². The molecule has 0 spiro atoms. The highest BCUT2D eigenvalue weighted by Crippen LogP contribution is 2.38. The van der Waals surface area contributed by atoms with Crippen LogP contribution in [0.2, 0.25) is 0 Å². The Bertz CT molecular complexity index is 656. The van der Waals surface area contributed by atoms with E-state index in [-0.39, 0.29) is 6.10 Å². The zero-order valence-electron chi connectivity index (χ0n) is 12.6. The number of aryl methyl sites for hydroxylation is 1. The highest BCUT2D eigenvalue weighted by atomic mass is 16.5. The van der Waals surface area contributed by atoms with Gasteiger partial charge in [0.05, 0.1) is 6.54 Å². The van der Waals surface area contributed by atoms with Crippen molar-refractivity contribution in [3.63, 3.8) is 0 Å². The fraction of sp³-hybridized carbons (Fsp3) is 0.500. The molecule has 1 unspecified atom stereocenters. The first kappa shape index (κ1) is 13.4. The topological polar surface area (TPSA) is 64.0 Å². The third-order valence-electron chi connectivity index (χ3n) is 4.10. The number of rotatable bonds is 4. The number of nitrogens with zero attached hydrogens (tertiary/aromatic N) is 5. The molecule has 114 valence electrons. The van der Waals surface area contributed by atoms with E-state index < -0.39 is 0 Å². The monoisotopic (exact) mass is 297 g/mol. The Morgan fingerprint density at radius 1 is 1.14 bits per heavy atom. The maximum Gasteiger partial charge on any atom is 0.316 e. The van der Waals surface area contributed by atoms with Crippen molar-refractivity contribution < 1.29 is 4.74 Å². The molecule has 1 saturated heterocycles. The van der Waals surface area contributed by atoms with E-state index in [4.69, 9.17) is 9.72 Å². The smallest absolute Gasteiger partial charge is 0.316 e. The summed E-state index contributed by atoms with van der Waals surface area (Å²) in [6.45, 7) is 3.73. The third kappa shape index (κ3) is 2.86. The van der Waals surface area contributed by atoms with Gasteiger partial charge in [0.1, 0.15) is 17.7 Å². The van der Waals surface area contributed by atoms with Gasteiger partial charge in [0.15, 0.2) is 0 Å². The fourth-order valence-electron chi connectivity index (χ4n) is 2.70. The average molecular weight is 297 g/mol. The van der Waals surface area contributed by atoms with Crippen LogP contribution in [0.4, 0.5) is 5.82 Å². The Morgan fingerprint density at radius 2 is 1.95 bits per heavy atom.